The molecule has 0 aromatic heterocycles. The summed E-state index contributed by atoms with van der Waals surface area (Å²) >= 11 is 0. The van der Waals surface area contributed by atoms with Crippen LogP contribution in [0.25, 0.3) is 0 Å². The molecular formula is C10H19NO3S. The molecule has 0 aliphatic carbocycles. The van der Waals surface area contributed by atoms with E-state index in [1.165, 1.54) is 0 Å². The van der Waals surface area contributed by atoms with Gasteiger partial charge >= 0.3 is 0 Å². The van der Waals surface area contributed by atoms with Gasteiger partial charge in [-0.25, -0.2) is 4.21 Å². The van der Waals surface area contributed by atoms with Crippen molar-refractivity contribution in [1.29, 1.82) is 0 Å². The van der Waals surface area contributed by atoms with Crippen molar-refractivity contribution in [3.8, 4) is 0 Å². The van der Waals surface area contributed by atoms with E-state index in [0.29, 0.717) is 13.2 Å². The molecule has 1 atom stereocenters. The predicted molar refractivity (Wildman–Crippen MR) is 61.3 cm³/mol. The van der Waals surface area contributed by atoms with E-state index in [4.69, 9.17) is 9.47 Å². The predicted octanol–water partition coefficient (Wildman–Crippen LogP) is 1.67. The van der Waals surface area contributed by atoms with E-state index in [9.17, 15) is 4.21 Å². The second kappa shape index (κ2) is 5.72. The largest absolute Gasteiger partial charge is 0.350 e. The third kappa shape index (κ3) is 4.86. The zero-order chi connectivity index (χ0) is 11.3. The molecule has 1 rings (SSSR count). The number of hydrogen-bond donors (Lipinski definition) is 0. The van der Waals surface area contributed by atoms with Crippen LogP contribution in [-0.4, -0.2) is 34.7 Å². The van der Waals surface area contributed by atoms with Gasteiger partial charge in [-0.05, 0) is 27.2 Å². The summed E-state index contributed by atoms with van der Waals surface area (Å²) in [6, 6.07) is 0. The molecule has 0 aromatic carbocycles. The second-order valence-corrected chi connectivity index (χ2v) is 6.33. The molecule has 0 N–H and O–H groups in total. The number of nitrogens with zero attached hydrogens (tertiary/aromatic N) is 1. The highest BCUT2D eigenvalue weighted by Gasteiger charge is 2.18. The van der Waals surface area contributed by atoms with Crippen LogP contribution in [0.4, 0.5) is 0 Å². The summed E-state index contributed by atoms with van der Waals surface area (Å²) in [5.41, 5.74) is 0. The van der Waals surface area contributed by atoms with Crippen LogP contribution < -0.4 is 0 Å². The quantitative estimate of drug-likeness (QED) is 0.694. The fourth-order valence-electron chi connectivity index (χ4n) is 1.06. The van der Waals surface area contributed by atoms with Gasteiger partial charge < -0.3 is 9.47 Å². The van der Waals surface area contributed by atoms with Crippen molar-refractivity contribution < 1.29 is 13.7 Å². The third-order valence-electron chi connectivity index (χ3n) is 1.92. The maximum absolute atomic E-state index is 11.5. The Morgan fingerprint density at radius 3 is 2.53 bits per heavy atom. The summed E-state index contributed by atoms with van der Waals surface area (Å²) in [4.78, 5) is 0. The lowest BCUT2D eigenvalue weighted by Crippen LogP contribution is -2.19. The van der Waals surface area contributed by atoms with Gasteiger partial charge in [0.15, 0.2) is 6.29 Å². The highest BCUT2D eigenvalue weighted by molar-refractivity contribution is 7.85. The molecule has 4 nitrogen and oxygen atoms in total. The van der Waals surface area contributed by atoms with Crippen molar-refractivity contribution in [3.63, 3.8) is 0 Å². The molecule has 15 heavy (non-hydrogen) atoms. The summed E-state index contributed by atoms with van der Waals surface area (Å²) in [6.07, 6.45) is 3.13. The van der Waals surface area contributed by atoms with Crippen LogP contribution in [-0.2, 0) is 20.5 Å². The Hall–Kier alpha value is -0.260. The summed E-state index contributed by atoms with van der Waals surface area (Å²) in [5.74, 6) is 0. The zero-order valence-corrected chi connectivity index (χ0v) is 10.4. The molecule has 1 saturated heterocycles. The second-order valence-electron chi connectivity index (χ2n) is 4.40. The lowest BCUT2D eigenvalue weighted by Gasteiger charge is -2.12. The van der Waals surface area contributed by atoms with Crippen LogP contribution >= 0.6 is 0 Å². The fraction of sp³-hybridized carbons (Fsp3) is 0.900. The van der Waals surface area contributed by atoms with Gasteiger partial charge in [0.05, 0.1) is 18.0 Å². The van der Waals surface area contributed by atoms with Crippen molar-refractivity contribution in [2.75, 3.05) is 13.2 Å². The molecule has 1 fully saturated rings. The molecular weight excluding hydrogens is 214 g/mol. The van der Waals surface area contributed by atoms with Crippen molar-refractivity contribution in [3.05, 3.63) is 0 Å². The first-order valence-corrected chi connectivity index (χ1v) is 6.28. The lowest BCUT2D eigenvalue weighted by molar-refractivity contribution is -0.0448. The Labute approximate surface area is 93.6 Å². The molecule has 1 unspecified atom stereocenters. The van der Waals surface area contributed by atoms with E-state index in [2.05, 4.69) is 4.40 Å². The SMILES string of the molecule is CC(C)(C)S(=O)/N=C/CCC1OCCO1. The van der Waals surface area contributed by atoms with Gasteiger partial charge in [-0.2, -0.15) is 4.40 Å². The minimum atomic E-state index is -1.15. The van der Waals surface area contributed by atoms with E-state index >= 15 is 0 Å². The first-order valence-electron chi connectivity index (χ1n) is 5.18. The van der Waals surface area contributed by atoms with Gasteiger partial charge in [0, 0.05) is 12.6 Å². The maximum atomic E-state index is 11.5. The zero-order valence-electron chi connectivity index (χ0n) is 9.56. The Balaban J connectivity index is 2.18. The summed E-state index contributed by atoms with van der Waals surface area (Å²) in [5, 5.41) is 0. The minimum absolute atomic E-state index is 0.0977. The van der Waals surface area contributed by atoms with Gasteiger partial charge in [-0.1, -0.05) is 0 Å². The fourth-order valence-corrected chi connectivity index (χ4v) is 1.62. The van der Waals surface area contributed by atoms with Crippen LogP contribution in [0, 0.1) is 0 Å². The van der Waals surface area contributed by atoms with Gasteiger partial charge in [0.2, 0.25) is 0 Å². The van der Waals surface area contributed by atoms with Gasteiger partial charge in [0.25, 0.3) is 0 Å². The topological polar surface area (TPSA) is 47.9 Å². The Morgan fingerprint density at radius 2 is 2.00 bits per heavy atom. The van der Waals surface area contributed by atoms with Crippen molar-refractivity contribution >= 4 is 17.2 Å². The van der Waals surface area contributed by atoms with Gasteiger partial charge in [0.1, 0.15) is 11.0 Å². The van der Waals surface area contributed by atoms with E-state index < -0.39 is 11.0 Å². The lowest BCUT2D eigenvalue weighted by atomic mass is 10.3. The van der Waals surface area contributed by atoms with Crippen molar-refractivity contribution in [1.82, 2.24) is 0 Å². The molecule has 0 amide bonds. The monoisotopic (exact) mass is 233 g/mol. The van der Waals surface area contributed by atoms with Crippen LogP contribution in [0.15, 0.2) is 4.40 Å². The molecule has 5 heteroatoms. The molecule has 0 radical (unpaired) electrons. The smallest absolute Gasteiger partial charge is 0.158 e. The highest BCUT2D eigenvalue weighted by atomic mass is 32.2. The van der Waals surface area contributed by atoms with Crippen molar-refractivity contribution in [2.24, 2.45) is 4.40 Å². The average Bonchev–Trinajstić information content (AvgIpc) is 2.63. The maximum Gasteiger partial charge on any atom is 0.158 e. The van der Waals surface area contributed by atoms with E-state index in [1.807, 2.05) is 20.8 Å². The molecule has 0 bridgehead atoms. The first-order chi connectivity index (χ1) is 7.00. The standard InChI is InChI=1S/C10H19NO3S/c1-10(2,3)15(12)11-6-4-5-9-13-7-8-14-9/h6,9H,4-5,7-8H2,1-3H3/b11-6+. The van der Waals surface area contributed by atoms with Crippen LogP contribution in [0.2, 0.25) is 0 Å². The Morgan fingerprint density at radius 1 is 1.40 bits per heavy atom. The first kappa shape index (κ1) is 12.8. The summed E-state index contributed by atoms with van der Waals surface area (Å²) in [7, 11) is -1.15. The number of rotatable bonds is 4. The van der Waals surface area contributed by atoms with E-state index in [-0.39, 0.29) is 11.0 Å². The van der Waals surface area contributed by atoms with Crippen LogP contribution in [0.1, 0.15) is 33.6 Å². The van der Waals surface area contributed by atoms with Gasteiger partial charge in [-0.15, -0.1) is 0 Å². The molecule has 0 saturated carbocycles. The Kier molecular flexibility index (Phi) is 4.89. The molecule has 1 aliphatic heterocycles. The third-order valence-corrected chi connectivity index (χ3v) is 3.30. The van der Waals surface area contributed by atoms with Gasteiger partial charge in [-0.3, -0.25) is 0 Å². The normalized spacial score (nSPS) is 21.3. The molecule has 0 spiro atoms. The Bertz CT molecular complexity index is 242. The van der Waals surface area contributed by atoms with E-state index in [0.717, 1.165) is 12.8 Å². The molecule has 1 heterocycles. The van der Waals surface area contributed by atoms with Crippen LogP contribution in [0.5, 0.6) is 0 Å². The highest BCUT2D eigenvalue weighted by Crippen LogP contribution is 2.12. The number of hydrogen-bond acceptors (Lipinski definition) is 3. The summed E-state index contributed by atoms with van der Waals surface area (Å²) < 4.78 is 25.8. The van der Waals surface area contributed by atoms with Crippen molar-refractivity contribution in [2.45, 2.75) is 44.6 Å². The molecule has 1 aliphatic rings. The molecule has 88 valence electrons. The van der Waals surface area contributed by atoms with E-state index in [1.54, 1.807) is 6.21 Å². The minimum Gasteiger partial charge on any atom is -0.350 e. The number of ether oxygens (including phenoxy) is 2. The molecule has 0 aromatic rings. The average molecular weight is 233 g/mol. The van der Waals surface area contributed by atoms with Crippen LogP contribution in [0.3, 0.4) is 0 Å². The summed E-state index contributed by atoms with van der Waals surface area (Å²) in [6.45, 7) is 7.07.